The largest absolute Gasteiger partial charge is 0.494 e. The Bertz CT molecular complexity index is 2230. The molecule has 0 unspecified atom stereocenters. The average molecular weight is 982 g/mol. The van der Waals surface area contributed by atoms with Gasteiger partial charge in [-0.15, -0.1) is 11.3 Å². The van der Waals surface area contributed by atoms with E-state index < -0.39 is 35.7 Å². The van der Waals surface area contributed by atoms with Crippen molar-refractivity contribution in [3.05, 3.63) is 91.0 Å². The standard InChI is InChI=1S/C54H63NO14S/c1-4-47(56)64-34-12-8-6-10-32-62-41-22-26-43(27-23-41)66-51(58)37-14-18-39(19-15-37)53(60)68-45-30-31-46(50-49(45)55-36(3)70-50)69-54(61)40-20-16-38(17-21-40)52(59)67-44-28-24-42(25-29-44)63-33-11-7-9-13-35-65-48(57)5-2/h4-5,22-31,37-40H,1-2,6-21,32-35H2,3H3. The fraction of sp³-hybridized carbons (Fsp3) is 0.463. The highest BCUT2D eigenvalue weighted by molar-refractivity contribution is 7.19. The molecule has 0 radical (unpaired) electrons. The quantitative estimate of drug-likeness (QED) is 0.0250. The van der Waals surface area contributed by atoms with Gasteiger partial charge in [-0.2, -0.15) is 0 Å². The number of hydrogen-bond acceptors (Lipinski definition) is 16. The van der Waals surface area contributed by atoms with Crippen molar-refractivity contribution in [2.75, 3.05) is 26.4 Å². The minimum atomic E-state index is -0.410. The third-order valence-electron chi connectivity index (χ3n) is 12.3. The summed E-state index contributed by atoms with van der Waals surface area (Å²) in [6.07, 6.45) is 13.1. The van der Waals surface area contributed by atoms with E-state index >= 15 is 0 Å². The second-order valence-corrected chi connectivity index (χ2v) is 18.7. The normalized spacial score (nSPS) is 17.6. The summed E-state index contributed by atoms with van der Waals surface area (Å²) in [7, 11) is 0. The summed E-state index contributed by atoms with van der Waals surface area (Å²) < 4.78 is 45.3. The first-order valence-electron chi connectivity index (χ1n) is 24.3. The van der Waals surface area contributed by atoms with Gasteiger partial charge in [-0.25, -0.2) is 14.6 Å². The lowest BCUT2D eigenvalue weighted by Crippen LogP contribution is -2.30. The predicted octanol–water partition coefficient (Wildman–Crippen LogP) is 10.6. The van der Waals surface area contributed by atoms with E-state index in [9.17, 15) is 28.8 Å². The Morgan fingerprint density at radius 3 is 1.23 bits per heavy atom. The molecule has 2 fully saturated rings. The van der Waals surface area contributed by atoms with Gasteiger partial charge in [0.05, 0.1) is 55.1 Å². The smallest absolute Gasteiger partial charge is 0.330 e. The molecule has 0 amide bonds. The highest BCUT2D eigenvalue weighted by Gasteiger charge is 2.34. The van der Waals surface area contributed by atoms with E-state index in [4.69, 9.17) is 37.9 Å². The van der Waals surface area contributed by atoms with Crippen LogP contribution in [-0.2, 0) is 38.2 Å². The molecule has 0 saturated heterocycles. The summed E-state index contributed by atoms with van der Waals surface area (Å²) in [5, 5.41) is 0.709. The maximum atomic E-state index is 13.4. The van der Waals surface area contributed by atoms with Crippen molar-refractivity contribution in [2.45, 2.75) is 110 Å². The Labute approximate surface area is 412 Å². The van der Waals surface area contributed by atoms with E-state index in [1.807, 2.05) is 6.92 Å². The molecule has 0 bridgehead atoms. The zero-order valence-corrected chi connectivity index (χ0v) is 40.7. The lowest BCUT2D eigenvalue weighted by Gasteiger charge is -2.26. The lowest BCUT2D eigenvalue weighted by atomic mass is 9.82. The van der Waals surface area contributed by atoms with Gasteiger partial charge >= 0.3 is 35.8 Å². The highest BCUT2D eigenvalue weighted by atomic mass is 32.1. The summed E-state index contributed by atoms with van der Waals surface area (Å²) in [6.45, 7) is 10.4. The molecular weight excluding hydrogens is 919 g/mol. The van der Waals surface area contributed by atoms with Crippen LogP contribution in [-0.4, -0.2) is 67.2 Å². The van der Waals surface area contributed by atoms with Gasteiger partial charge in [0, 0.05) is 12.2 Å². The summed E-state index contributed by atoms with van der Waals surface area (Å²) >= 11 is 1.34. The van der Waals surface area contributed by atoms with Crippen LogP contribution >= 0.6 is 11.3 Å². The number of hydrogen-bond donors (Lipinski definition) is 0. The third kappa shape index (κ3) is 16.6. The van der Waals surface area contributed by atoms with Gasteiger partial charge in [0.25, 0.3) is 0 Å². The first-order valence-corrected chi connectivity index (χ1v) is 25.1. The maximum absolute atomic E-state index is 13.4. The number of carbonyl (C=O) groups is 6. The summed E-state index contributed by atoms with van der Waals surface area (Å²) in [6, 6.07) is 17.1. The molecule has 1 aromatic heterocycles. The van der Waals surface area contributed by atoms with Crippen LogP contribution in [0.4, 0.5) is 0 Å². The van der Waals surface area contributed by atoms with E-state index in [2.05, 4.69) is 18.1 Å². The van der Waals surface area contributed by atoms with Crippen LogP contribution in [0.3, 0.4) is 0 Å². The molecule has 374 valence electrons. The van der Waals surface area contributed by atoms with Crippen LogP contribution in [0.15, 0.2) is 86.0 Å². The molecule has 2 aliphatic carbocycles. The molecule has 16 heteroatoms. The number of rotatable bonds is 26. The van der Waals surface area contributed by atoms with Crippen molar-refractivity contribution in [1.29, 1.82) is 0 Å². The van der Waals surface area contributed by atoms with Gasteiger partial charge in [-0.1, -0.05) is 13.2 Å². The minimum Gasteiger partial charge on any atom is -0.494 e. The molecule has 1 heterocycles. The molecule has 2 aliphatic rings. The van der Waals surface area contributed by atoms with Gasteiger partial charge in [-0.3, -0.25) is 19.2 Å². The van der Waals surface area contributed by atoms with Crippen LogP contribution in [0.5, 0.6) is 34.5 Å². The Kier molecular flexibility index (Phi) is 20.8. The molecule has 15 nitrogen and oxygen atoms in total. The van der Waals surface area contributed by atoms with Crippen molar-refractivity contribution >= 4 is 57.4 Å². The first kappa shape index (κ1) is 52.8. The number of unbranched alkanes of at least 4 members (excludes halogenated alkanes) is 6. The number of nitrogens with zero attached hydrogens (tertiary/aromatic N) is 1. The topological polar surface area (TPSA) is 189 Å². The van der Waals surface area contributed by atoms with E-state index in [0.29, 0.717) is 122 Å². The Hall–Kier alpha value is -6.55. The Morgan fingerprint density at radius 1 is 0.486 bits per heavy atom. The summed E-state index contributed by atoms with van der Waals surface area (Å²) in [5.74, 6) is -0.999. The molecule has 70 heavy (non-hydrogen) atoms. The van der Waals surface area contributed by atoms with Gasteiger partial charge < -0.3 is 37.9 Å². The molecule has 0 atom stereocenters. The number of carbonyl (C=O) groups excluding carboxylic acids is 6. The second-order valence-electron chi connectivity index (χ2n) is 17.5. The predicted molar refractivity (Wildman–Crippen MR) is 261 cm³/mol. The SMILES string of the molecule is C=CC(=O)OCCCCCCOc1ccc(OC(=O)C2CCC(C(=O)Oc3ccc(OC(=O)C4CCC(C(=O)Oc5ccc(OCCCCCCOC(=O)C=C)cc5)CC4)c4sc(C)nc34)CC2)cc1. The van der Waals surface area contributed by atoms with Gasteiger partial charge in [0.2, 0.25) is 0 Å². The fourth-order valence-corrected chi connectivity index (χ4v) is 9.19. The van der Waals surface area contributed by atoms with Gasteiger partial charge in [0.15, 0.2) is 11.5 Å². The number of aryl methyl sites for hydroxylation is 1. The van der Waals surface area contributed by atoms with Crippen molar-refractivity contribution in [2.24, 2.45) is 23.7 Å². The Morgan fingerprint density at radius 2 is 0.829 bits per heavy atom. The molecule has 2 saturated carbocycles. The summed E-state index contributed by atoms with van der Waals surface area (Å²) in [4.78, 5) is 79.8. The molecule has 0 spiro atoms. The second kappa shape index (κ2) is 27.6. The molecular formula is C54H63NO14S. The van der Waals surface area contributed by atoms with Crippen LogP contribution in [0.1, 0.15) is 108 Å². The van der Waals surface area contributed by atoms with E-state index in [1.165, 1.54) is 11.3 Å². The monoisotopic (exact) mass is 981 g/mol. The van der Waals surface area contributed by atoms with E-state index in [0.717, 1.165) is 63.5 Å². The van der Waals surface area contributed by atoms with Gasteiger partial charge in [0.1, 0.15) is 33.2 Å². The van der Waals surface area contributed by atoms with E-state index in [-0.39, 0.29) is 29.5 Å². The van der Waals surface area contributed by atoms with Crippen LogP contribution in [0.25, 0.3) is 10.2 Å². The van der Waals surface area contributed by atoms with Crippen molar-refractivity contribution in [3.8, 4) is 34.5 Å². The third-order valence-corrected chi connectivity index (χ3v) is 13.3. The van der Waals surface area contributed by atoms with Crippen LogP contribution in [0.2, 0.25) is 0 Å². The average Bonchev–Trinajstić information content (AvgIpc) is 3.79. The fourth-order valence-electron chi connectivity index (χ4n) is 8.31. The van der Waals surface area contributed by atoms with Crippen molar-refractivity contribution in [3.63, 3.8) is 0 Å². The molecule has 4 aromatic rings. The molecule has 0 N–H and O–H groups in total. The highest BCUT2D eigenvalue weighted by Crippen LogP contribution is 2.40. The van der Waals surface area contributed by atoms with Gasteiger partial charge in [-0.05, 0) is 170 Å². The minimum absolute atomic E-state index is 0.275. The molecule has 0 aliphatic heterocycles. The van der Waals surface area contributed by atoms with Crippen LogP contribution < -0.4 is 28.4 Å². The number of aromatic nitrogens is 1. The Balaban J connectivity index is 0.873. The molecule has 3 aromatic carbocycles. The number of esters is 6. The van der Waals surface area contributed by atoms with Crippen molar-refractivity contribution in [1.82, 2.24) is 4.98 Å². The maximum Gasteiger partial charge on any atom is 0.330 e. The number of benzene rings is 3. The summed E-state index contributed by atoms with van der Waals surface area (Å²) in [5.41, 5.74) is 0.430. The zero-order valence-electron chi connectivity index (χ0n) is 39.9. The van der Waals surface area contributed by atoms with E-state index in [1.54, 1.807) is 60.7 Å². The number of thiazole rings is 1. The first-order chi connectivity index (χ1) is 34.0. The zero-order chi connectivity index (χ0) is 49.7. The van der Waals surface area contributed by atoms with Crippen LogP contribution in [0, 0.1) is 30.6 Å². The molecule has 6 rings (SSSR count). The van der Waals surface area contributed by atoms with Crippen molar-refractivity contribution < 1.29 is 66.7 Å². The number of fused-ring (bicyclic) bond motifs is 1. The number of ether oxygens (including phenoxy) is 8. The lowest BCUT2D eigenvalue weighted by molar-refractivity contribution is -0.145.